The van der Waals surface area contributed by atoms with Gasteiger partial charge in [0, 0.05) is 14.6 Å². The van der Waals surface area contributed by atoms with Gasteiger partial charge in [-0.3, -0.25) is 4.72 Å². The first kappa shape index (κ1) is 15.5. The van der Waals surface area contributed by atoms with Crippen LogP contribution in [-0.2, 0) is 16.6 Å². The maximum Gasteiger partial charge on any atom is 0.263 e. The van der Waals surface area contributed by atoms with Crippen LogP contribution < -0.4 is 4.72 Å². The van der Waals surface area contributed by atoms with E-state index >= 15 is 0 Å². The normalized spacial score (nSPS) is 11.3. The summed E-state index contributed by atoms with van der Waals surface area (Å²) < 4.78 is 28.3. The van der Waals surface area contributed by atoms with Gasteiger partial charge in [0.2, 0.25) is 0 Å². The number of anilines is 1. The number of hydrogen-bond acceptors (Lipinski definition) is 3. The van der Waals surface area contributed by atoms with Crippen LogP contribution in [0.4, 0.5) is 5.69 Å². The molecule has 0 radical (unpaired) electrons. The van der Waals surface area contributed by atoms with Crippen LogP contribution in [0.3, 0.4) is 0 Å². The van der Waals surface area contributed by atoms with Gasteiger partial charge in [-0.1, -0.05) is 28.1 Å². The third kappa shape index (κ3) is 3.60. The fraction of sp³-hybridized carbons (Fsp3) is 0.0769. The molecule has 0 saturated heterocycles. The van der Waals surface area contributed by atoms with Crippen LogP contribution in [-0.4, -0.2) is 13.5 Å². The second kappa shape index (κ2) is 6.26. The van der Waals surface area contributed by atoms with Crippen LogP contribution in [0.2, 0.25) is 0 Å². The first-order valence-electron chi connectivity index (χ1n) is 5.60. The molecule has 2 aromatic rings. The van der Waals surface area contributed by atoms with Crippen LogP contribution in [0.15, 0.2) is 56.3 Å². The van der Waals surface area contributed by atoms with Gasteiger partial charge in [-0.05, 0) is 51.8 Å². The molecule has 0 fully saturated rings. The number of halogens is 2. The van der Waals surface area contributed by atoms with Gasteiger partial charge in [-0.15, -0.1) is 0 Å². The molecule has 0 unspecified atom stereocenters. The molecule has 0 saturated carbocycles. The molecule has 0 aliphatic rings. The van der Waals surface area contributed by atoms with E-state index in [0.717, 1.165) is 10.0 Å². The topological polar surface area (TPSA) is 66.4 Å². The molecular weight excluding hydrogens is 410 g/mol. The molecule has 2 rings (SSSR count). The average molecular weight is 421 g/mol. The molecule has 0 spiro atoms. The Morgan fingerprint density at radius 3 is 2.25 bits per heavy atom. The van der Waals surface area contributed by atoms with Gasteiger partial charge in [-0.25, -0.2) is 8.42 Å². The summed E-state index contributed by atoms with van der Waals surface area (Å²) in [6, 6.07) is 11.4. The molecule has 4 nitrogen and oxygen atoms in total. The van der Waals surface area contributed by atoms with E-state index in [-0.39, 0.29) is 11.5 Å². The van der Waals surface area contributed by atoms with Gasteiger partial charge in [0.15, 0.2) is 0 Å². The zero-order valence-electron chi connectivity index (χ0n) is 10.2. The number of aliphatic hydroxyl groups excluding tert-OH is 1. The van der Waals surface area contributed by atoms with Crippen molar-refractivity contribution in [3.63, 3.8) is 0 Å². The van der Waals surface area contributed by atoms with E-state index in [0.29, 0.717) is 10.2 Å². The lowest BCUT2D eigenvalue weighted by molar-refractivity contribution is 0.282. The molecule has 0 heterocycles. The molecule has 0 aromatic heterocycles. The minimum Gasteiger partial charge on any atom is -0.392 e. The van der Waals surface area contributed by atoms with Crippen LogP contribution >= 0.6 is 31.9 Å². The summed E-state index contributed by atoms with van der Waals surface area (Å²) in [6.45, 7) is -0.0781. The second-order valence-electron chi connectivity index (χ2n) is 4.04. The van der Waals surface area contributed by atoms with Crippen LogP contribution in [0.1, 0.15) is 5.56 Å². The van der Waals surface area contributed by atoms with E-state index in [1.165, 1.54) is 6.07 Å². The SMILES string of the molecule is O=S(=O)(Nc1ccc(CO)cc1)c1ccc(Br)cc1Br. The molecule has 0 atom stereocenters. The molecule has 0 bridgehead atoms. The van der Waals surface area contributed by atoms with Crippen molar-refractivity contribution in [2.24, 2.45) is 0 Å². The summed E-state index contributed by atoms with van der Waals surface area (Å²) in [6.07, 6.45) is 0. The smallest absolute Gasteiger partial charge is 0.263 e. The van der Waals surface area contributed by atoms with Gasteiger partial charge >= 0.3 is 0 Å². The standard InChI is InChI=1S/C13H11Br2NO3S/c14-10-3-6-13(12(15)7-10)20(18,19)16-11-4-1-9(8-17)2-5-11/h1-7,16-17H,8H2. The third-order valence-corrected chi connectivity index (χ3v) is 5.42. The summed E-state index contributed by atoms with van der Waals surface area (Å²) in [7, 11) is -3.66. The van der Waals surface area contributed by atoms with E-state index in [1.807, 2.05) is 0 Å². The van der Waals surface area contributed by atoms with Gasteiger partial charge in [0.1, 0.15) is 4.90 Å². The lowest BCUT2D eigenvalue weighted by Gasteiger charge is -2.10. The maximum absolute atomic E-state index is 12.3. The van der Waals surface area contributed by atoms with Crippen molar-refractivity contribution >= 4 is 47.6 Å². The minimum absolute atomic E-state index is 0.0781. The molecule has 7 heteroatoms. The van der Waals surface area contributed by atoms with Gasteiger partial charge in [0.25, 0.3) is 10.0 Å². The van der Waals surface area contributed by atoms with Crippen molar-refractivity contribution in [3.05, 3.63) is 57.0 Å². The Bertz CT molecular complexity index is 715. The van der Waals surface area contributed by atoms with Crippen LogP contribution in [0, 0.1) is 0 Å². The number of hydrogen-bond donors (Lipinski definition) is 2. The Hall–Kier alpha value is -0.890. The van der Waals surface area contributed by atoms with E-state index in [4.69, 9.17) is 5.11 Å². The second-order valence-corrected chi connectivity index (χ2v) is 7.46. The Kier molecular flexibility index (Phi) is 4.85. The average Bonchev–Trinajstić information content (AvgIpc) is 2.38. The summed E-state index contributed by atoms with van der Waals surface area (Å²) in [5, 5.41) is 8.95. The van der Waals surface area contributed by atoms with E-state index in [1.54, 1.807) is 36.4 Å². The first-order valence-corrected chi connectivity index (χ1v) is 8.67. The highest BCUT2D eigenvalue weighted by Crippen LogP contribution is 2.27. The predicted molar refractivity (Wildman–Crippen MR) is 85.0 cm³/mol. The molecule has 0 amide bonds. The fourth-order valence-electron chi connectivity index (χ4n) is 1.58. The summed E-state index contributed by atoms with van der Waals surface area (Å²) >= 11 is 6.51. The monoisotopic (exact) mass is 419 g/mol. The lowest BCUT2D eigenvalue weighted by atomic mass is 10.2. The van der Waals surface area contributed by atoms with Gasteiger partial charge in [0.05, 0.1) is 6.61 Å². The number of rotatable bonds is 4. The largest absolute Gasteiger partial charge is 0.392 e. The fourth-order valence-corrected chi connectivity index (χ4v) is 4.39. The first-order chi connectivity index (χ1) is 9.42. The van der Waals surface area contributed by atoms with Crippen LogP contribution in [0.25, 0.3) is 0 Å². The molecule has 20 heavy (non-hydrogen) atoms. The zero-order valence-corrected chi connectivity index (χ0v) is 14.2. The van der Waals surface area contributed by atoms with E-state index in [2.05, 4.69) is 36.6 Å². The molecule has 2 N–H and O–H groups in total. The summed E-state index contributed by atoms with van der Waals surface area (Å²) in [5.41, 5.74) is 1.16. The van der Waals surface area contributed by atoms with Gasteiger partial charge < -0.3 is 5.11 Å². The Morgan fingerprint density at radius 2 is 1.70 bits per heavy atom. The third-order valence-electron chi connectivity index (χ3n) is 2.57. The molecular formula is C13H11Br2NO3S. The molecule has 0 aliphatic carbocycles. The Morgan fingerprint density at radius 1 is 1.05 bits per heavy atom. The van der Waals surface area contributed by atoms with Gasteiger partial charge in [-0.2, -0.15) is 0 Å². The number of nitrogens with one attached hydrogen (secondary N) is 1. The maximum atomic E-state index is 12.3. The minimum atomic E-state index is -3.66. The van der Waals surface area contributed by atoms with Crippen molar-refractivity contribution in [3.8, 4) is 0 Å². The van der Waals surface area contributed by atoms with E-state index < -0.39 is 10.0 Å². The highest BCUT2D eigenvalue weighted by molar-refractivity contribution is 9.11. The highest BCUT2D eigenvalue weighted by Gasteiger charge is 2.17. The van der Waals surface area contributed by atoms with Crippen molar-refractivity contribution < 1.29 is 13.5 Å². The number of sulfonamides is 1. The highest BCUT2D eigenvalue weighted by atomic mass is 79.9. The zero-order chi connectivity index (χ0) is 14.8. The molecule has 106 valence electrons. The van der Waals surface area contributed by atoms with E-state index in [9.17, 15) is 8.42 Å². The number of benzene rings is 2. The van der Waals surface area contributed by atoms with Crippen LogP contribution in [0.5, 0.6) is 0 Å². The Labute approximate surface area is 134 Å². The van der Waals surface area contributed by atoms with Crippen molar-refractivity contribution in [1.82, 2.24) is 0 Å². The Balaban J connectivity index is 2.30. The van der Waals surface area contributed by atoms with Crippen molar-refractivity contribution in [2.75, 3.05) is 4.72 Å². The summed E-state index contributed by atoms with van der Waals surface area (Å²) in [5.74, 6) is 0. The lowest BCUT2D eigenvalue weighted by Crippen LogP contribution is -2.13. The van der Waals surface area contributed by atoms with Crippen molar-refractivity contribution in [2.45, 2.75) is 11.5 Å². The molecule has 0 aliphatic heterocycles. The quantitative estimate of drug-likeness (QED) is 0.795. The molecule has 2 aromatic carbocycles. The number of aliphatic hydroxyl groups is 1. The van der Waals surface area contributed by atoms with Crippen molar-refractivity contribution in [1.29, 1.82) is 0 Å². The summed E-state index contributed by atoms with van der Waals surface area (Å²) in [4.78, 5) is 0.159. The predicted octanol–water partition coefficient (Wildman–Crippen LogP) is 3.50.